The fourth-order valence-corrected chi connectivity index (χ4v) is 3.08. The SMILES string of the molecule is CC(=O)c1cc(CN2CCO[C@H](C)C2)cc(C2CC2)c1O. The maximum atomic E-state index is 11.8. The van der Waals surface area contributed by atoms with Crippen LogP contribution >= 0.6 is 0 Å². The minimum absolute atomic E-state index is 0.0633. The van der Waals surface area contributed by atoms with E-state index in [-0.39, 0.29) is 17.6 Å². The van der Waals surface area contributed by atoms with E-state index in [1.54, 1.807) is 0 Å². The van der Waals surface area contributed by atoms with Crippen molar-refractivity contribution in [2.45, 2.75) is 45.3 Å². The minimum Gasteiger partial charge on any atom is -0.507 e. The molecular weight excluding hydrogens is 266 g/mol. The van der Waals surface area contributed by atoms with Crippen LogP contribution in [0.4, 0.5) is 0 Å². The van der Waals surface area contributed by atoms with Crippen LogP contribution in [0.2, 0.25) is 0 Å². The van der Waals surface area contributed by atoms with Crippen molar-refractivity contribution in [2.24, 2.45) is 0 Å². The van der Waals surface area contributed by atoms with Crippen molar-refractivity contribution in [3.8, 4) is 5.75 Å². The number of morpholine rings is 1. The van der Waals surface area contributed by atoms with Crippen molar-refractivity contribution in [3.63, 3.8) is 0 Å². The molecule has 3 rings (SSSR count). The average Bonchev–Trinajstić information content (AvgIpc) is 3.24. The summed E-state index contributed by atoms with van der Waals surface area (Å²) in [6.45, 7) is 7.00. The van der Waals surface area contributed by atoms with Crippen LogP contribution in [0.5, 0.6) is 5.75 Å². The van der Waals surface area contributed by atoms with Gasteiger partial charge in [-0.25, -0.2) is 0 Å². The first-order valence-electron chi connectivity index (χ1n) is 7.75. The molecule has 0 unspecified atom stereocenters. The second-order valence-electron chi connectivity index (χ2n) is 6.33. The lowest BCUT2D eigenvalue weighted by Gasteiger charge is -2.31. The van der Waals surface area contributed by atoms with Crippen molar-refractivity contribution >= 4 is 5.78 Å². The van der Waals surface area contributed by atoms with Crippen molar-refractivity contribution in [3.05, 3.63) is 28.8 Å². The third-order valence-corrected chi connectivity index (χ3v) is 4.33. The highest BCUT2D eigenvalue weighted by Gasteiger charge is 2.29. The summed E-state index contributed by atoms with van der Waals surface area (Å²) in [6.07, 6.45) is 2.48. The normalized spacial score (nSPS) is 23.2. The molecule has 4 nitrogen and oxygen atoms in total. The summed E-state index contributed by atoms with van der Waals surface area (Å²) in [6, 6.07) is 3.93. The van der Waals surface area contributed by atoms with Gasteiger partial charge in [0.15, 0.2) is 5.78 Å². The van der Waals surface area contributed by atoms with E-state index in [0.29, 0.717) is 11.5 Å². The summed E-state index contributed by atoms with van der Waals surface area (Å²) in [5.74, 6) is 0.572. The fourth-order valence-electron chi connectivity index (χ4n) is 3.08. The van der Waals surface area contributed by atoms with Crippen LogP contribution in [0.1, 0.15) is 54.1 Å². The molecule has 1 aromatic carbocycles. The molecule has 114 valence electrons. The van der Waals surface area contributed by atoms with Crippen LogP contribution in [0.15, 0.2) is 12.1 Å². The average molecular weight is 289 g/mol. The summed E-state index contributed by atoms with van der Waals surface area (Å²) in [7, 11) is 0. The summed E-state index contributed by atoms with van der Waals surface area (Å²) in [5, 5.41) is 10.3. The van der Waals surface area contributed by atoms with Gasteiger partial charge in [0.2, 0.25) is 0 Å². The van der Waals surface area contributed by atoms with Crippen molar-refractivity contribution in [1.29, 1.82) is 0 Å². The fraction of sp³-hybridized carbons (Fsp3) is 0.588. The van der Waals surface area contributed by atoms with Crippen molar-refractivity contribution < 1.29 is 14.6 Å². The number of hydrogen-bond donors (Lipinski definition) is 1. The van der Waals surface area contributed by atoms with Gasteiger partial charge in [0.05, 0.1) is 18.3 Å². The molecule has 1 N–H and O–H groups in total. The molecule has 0 bridgehead atoms. The zero-order valence-electron chi connectivity index (χ0n) is 12.8. The Morgan fingerprint density at radius 3 is 2.81 bits per heavy atom. The first-order chi connectivity index (χ1) is 10.0. The van der Waals surface area contributed by atoms with Gasteiger partial charge in [-0.1, -0.05) is 6.07 Å². The van der Waals surface area contributed by atoms with Gasteiger partial charge in [-0.15, -0.1) is 0 Å². The van der Waals surface area contributed by atoms with E-state index in [4.69, 9.17) is 4.74 Å². The maximum Gasteiger partial charge on any atom is 0.163 e. The number of ether oxygens (including phenoxy) is 1. The van der Waals surface area contributed by atoms with Crippen LogP contribution in [0.25, 0.3) is 0 Å². The van der Waals surface area contributed by atoms with E-state index in [2.05, 4.69) is 17.9 Å². The van der Waals surface area contributed by atoms with E-state index < -0.39 is 0 Å². The minimum atomic E-state index is -0.0633. The van der Waals surface area contributed by atoms with Gasteiger partial charge < -0.3 is 9.84 Å². The highest BCUT2D eigenvalue weighted by Crippen LogP contribution is 2.45. The van der Waals surface area contributed by atoms with Crippen LogP contribution < -0.4 is 0 Å². The van der Waals surface area contributed by atoms with E-state index >= 15 is 0 Å². The lowest BCUT2D eigenvalue weighted by Crippen LogP contribution is -2.40. The molecule has 0 radical (unpaired) electrons. The summed E-state index contributed by atoms with van der Waals surface area (Å²) < 4.78 is 5.56. The second kappa shape index (κ2) is 5.78. The Balaban J connectivity index is 1.85. The first kappa shape index (κ1) is 14.5. The number of phenolic OH excluding ortho intramolecular Hbond substituents is 1. The molecule has 2 aliphatic rings. The highest BCUT2D eigenvalue weighted by molar-refractivity contribution is 5.97. The topological polar surface area (TPSA) is 49.8 Å². The molecule has 2 fully saturated rings. The number of benzene rings is 1. The van der Waals surface area contributed by atoms with E-state index in [1.165, 1.54) is 6.92 Å². The smallest absolute Gasteiger partial charge is 0.163 e. The molecule has 0 aromatic heterocycles. The number of hydrogen-bond acceptors (Lipinski definition) is 4. The predicted molar refractivity (Wildman–Crippen MR) is 80.8 cm³/mol. The third-order valence-electron chi connectivity index (χ3n) is 4.33. The molecule has 21 heavy (non-hydrogen) atoms. The van der Waals surface area contributed by atoms with E-state index in [0.717, 1.165) is 50.2 Å². The Bertz CT molecular complexity index is 551. The number of carbonyl (C=O) groups is 1. The molecule has 0 amide bonds. The van der Waals surface area contributed by atoms with Gasteiger partial charge in [-0.3, -0.25) is 9.69 Å². The number of nitrogens with zero attached hydrogens (tertiary/aromatic N) is 1. The monoisotopic (exact) mass is 289 g/mol. The Labute approximate surface area is 125 Å². The largest absolute Gasteiger partial charge is 0.507 e. The van der Waals surface area contributed by atoms with Crippen LogP contribution in [-0.4, -0.2) is 41.6 Å². The molecule has 0 spiro atoms. The zero-order chi connectivity index (χ0) is 15.0. The second-order valence-corrected chi connectivity index (χ2v) is 6.33. The lowest BCUT2D eigenvalue weighted by molar-refractivity contribution is -0.0212. The van der Waals surface area contributed by atoms with Gasteiger partial charge >= 0.3 is 0 Å². The van der Waals surface area contributed by atoms with Gasteiger partial charge in [0.25, 0.3) is 0 Å². The highest BCUT2D eigenvalue weighted by atomic mass is 16.5. The molecule has 1 aliphatic carbocycles. The molecule has 1 aliphatic heterocycles. The lowest BCUT2D eigenvalue weighted by atomic mass is 9.98. The summed E-state index contributed by atoms with van der Waals surface area (Å²) >= 11 is 0. The van der Waals surface area contributed by atoms with Crippen molar-refractivity contribution in [1.82, 2.24) is 4.90 Å². The molecule has 1 aromatic rings. The van der Waals surface area contributed by atoms with Crippen molar-refractivity contribution in [2.75, 3.05) is 19.7 Å². The molecule has 1 saturated carbocycles. The Morgan fingerprint density at radius 1 is 1.43 bits per heavy atom. The summed E-state index contributed by atoms with van der Waals surface area (Å²) in [4.78, 5) is 14.1. The first-order valence-corrected chi connectivity index (χ1v) is 7.75. The maximum absolute atomic E-state index is 11.8. The van der Waals surface area contributed by atoms with Crippen LogP contribution in [-0.2, 0) is 11.3 Å². The molecular formula is C17H23NO3. The number of rotatable bonds is 4. The molecule has 4 heteroatoms. The Kier molecular flexibility index (Phi) is 4.00. The third kappa shape index (κ3) is 3.27. The van der Waals surface area contributed by atoms with Crippen LogP contribution in [0.3, 0.4) is 0 Å². The number of Topliss-reactive ketones (excluding diaryl/α,β-unsaturated/α-hetero) is 1. The Hall–Kier alpha value is -1.39. The standard InChI is InChI=1S/C17H23NO3/c1-11-9-18(5-6-21-11)10-13-7-15(12(2)19)17(20)16(8-13)14-3-4-14/h7-8,11,14,20H,3-6,9-10H2,1-2H3/t11-/m1/s1. The number of ketones is 1. The quantitative estimate of drug-likeness (QED) is 0.866. The number of aromatic hydroxyl groups is 1. The van der Waals surface area contributed by atoms with Gasteiger partial charge in [-0.2, -0.15) is 0 Å². The number of carbonyl (C=O) groups excluding carboxylic acids is 1. The Morgan fingerprint density at radius 2 is 2.19 bits per heavy atom. The summed E-state index contributed by atoms with van der Waals surface area (Å²) in [5.41, 5.74) is 2.55. The van der Waals surface area contributed by atoms with E-state index in [1.807, 2.05) is 6.07 Å². The van der Waals surface area contributed by atoms with Crippen LogP contribution in [0, 0.1) is 0 Å². The van der Waals surface area contributed by atoms with Gasteiger partial charge in [0.1, 0.15) is 5.75 Å². The number of phenols is 1. The van der Waals surface area contributed by atoms with Gasteiger partial charge in [0, 0.05) is 19.6 Å². The zero-order valence-corrected chi connectivity index (χ0v) is 12.8. The molecule has 1 atom stereocenters. The molecule has 1 saturated heterocycles. The molecule has 1 heterocycles. The predicted octanol–water partition coefficient (Wildman–Crippen LogP) is 2.69. The van der Waals surface area contributed by atoms with Gasteiger partial charge in [-0.05, 0) is 49.8 Å². The van der Waals surface area contributed by atoms with E-state index in [9.17, 15) is 9.90 Å².